The number of aliphatic hydroxyl groups is 1. The summed E-state index contributed by atoms with van der Waals surface area (Å²) in [5.74, 6) is -0.000756. The monoisotopic (exact) mass is 298 g/mol. The molecule has 0 fully saturated rings. The van der Waals surface area contributed by atoms with Crippen molar-refractivity contribution in [3.63, 3.8) is 0 Å². The van der Waals surface area contributed by atoms with Crippen LogP contribution in [0.15, 0.2) is 12.2 Å². The van der Waals surface area contributed by atoms with Gasteiger partial charge in [-0.3, -0.25) is 9.69 Å². The number of rotatable bonds is 14. The molecule has 0 spiro atoms. The van der Waals surface area contributed by atoms with E-state index in [9.17, 15) is 4.79 Å². The first kappa shape index (κ1) is 20.1. The standard InChI is InChI=1S/C17H34N2O2/c1-3-5-13-17(21)18-16-19(4-2)14-11-9-7-6-8-10-12-15-20/h5,13,20H,3-4,6-12,14-16H2,1-2H3,(H,18,21)/b13-5+. The second kappa shape index (κ2) is 15.5. The molecule has 0 unspecified atom stereocenters. The zero-order valence-electron chi connectivity index (χ0n) is 13.9. The molecule has 1 amide bonds. The van der Waals surface area contributed by atoms with Crippen LogP contribution < -0.4 is 5.32 Å². The Hall–Kier alpha value is -0.870. The summed E-state index contributed by atoms with van der Waals surface area (Å²) in [4.78, 5) is 13.7. The maximum absolute atomic E-state index is 11.5. The molecule has 21 heavy (non-hydrogen) atoms. The largest absolute Gasteiger partial charge is 0.396 e. The molecule has 0 rings (SSSR count). The normalized spacial score (nSPS) is 11.4. The molecule has 0 saturated heterocycles. The van der Waals surface area contributed by atoms with Crippen molar-refractivity contribution in [2.24, 2.45) is 0 Å². The third-order valence-corrected chi connectivity index (χ3v) is 3.56. The van der Waals surface area contributed by atoms with Gasteiger partial charge in [0.15, 0.2) is 0 Å². The minimum absolute atomic E-state index is 0.000756. The topological polar surface area (TPSA) is 52.6 Å². The summed E-state index contributed by atoms with van der Waals surface area (Å²) >= 11 is 0. The van der Waals surface area contributed by atoms with E-state index in [1.54, 1.807) is 6.08 Å². The van der Waals surface area contributed by atoms with E-state index in [-0.39, 0.29) is 5.91 Å². The number of hydrogen-bond acceptors (Lipinski definition) is 3. The quantitative estimate of drug-likeness (QED) is 0.294. The van der Waals surface area contributed by atoms with Crippen LogP contribution in [0.1, 0.15) is 65.2 Å². The molecular formula is C17H34N2O2. The molecule has 0 heterocycles. The van der Waals surface area contributed by atoms with Crippen LogP contribution in [-0.2, 0) is 4.79 Å². The molecule has 2 N–H and O–H groups in total. The Bertz CT molecular complexity index is 268. The molecule has 124 valence electrons. The van der Waals surface area contributed by atoms with Crippen molar-refractivity contribution in [1.29, 1.82) is 0 Å². The average Bonchev–Trinajstić information content (AvgIpc) is 2.50. The molecule has 4 nitrogen and oxygen atoms in total. The fraction of sp³-hybridized carbons (Fsp3) is 0.824. The minimum Gasteiger partial charge on any atom is -0.396 e. The van der Waals surface area contributed by atoms with Crippen LogP contribution in [0, 0.1) is 0 Å². The number of aliphatic hydroxyl groups excluding tert-OH is 1. The number of unbranched alkanes of at least 4 members (excludes halogenated alkanes) is 6. The minimum atomic E-state index is -0.000756. The SMILES string of the molecule is CC/C=C/C(=O)NCN(CC)CCCCCCCCCO. The van der Waals surface area contributed by atoms with E-state index < -0.39 is 0 Å². The summed E-state index contributed by atoms with van der Waals surface area (Å²) in [7, 11) is 0. The van der Waals surface area contributed by atoms with E-state index >= 15 is 0 Å². The van der Waals surface area contributed by atoms with Crippen molar-refractivity contribution in [2.45, 2.75) is 65.2 Å². The molecule has 4 heteroatoms. The molecule has 0 aromatic rings. The Morgan fingerprint density at radius 2 is 1.67 bits per heavy atom. The van der Waals surface area contributed by atoms with Crippen LogP contribution in [0.5, 0.6) is 0 Å². The summed E-state index contributed by atoms with van der Waals surface area (Å²) < 4.78 is 0. The first-order chi connectivity index (χ1) is 10.2. The molecule has 0 radical (unpaired) electrons. The van der Waals surface area contributed by atoms with Crippen LogP contribution in [-0.4, -0.2) is 42.3 Å². The zero-order valence-corrected chi connectivity index (χ0v) is 13.9. The van der Waals surface area contributed by atoms with E-state index in [4.69, 9.17) is 5.11 Å². The highest BCUT2D eigenvalue weighted by Crippen LogP contribution is 2.07. The molecule has 0 aliphatic rings. The number of nitrogens with one attached hydrogen (secondary N) is 1. The Morgan fingerprint density at radius 3 is 2.24 bits per heavy atom. The van der Waals surface area contributed by atoms with Gasteiger partial charge in [0, 0.05) is 6.61 Å². The lowest BCUT2D eigenvalue weighted by Gasteiger charge is -2.20. The second-order valence-corrected chi connectivity index (χ2v) is 5.42. The highest BCUT2D eigenvalue weighted by molar-refractivity contribution is 5.87. The van der Waals surface area contributed by atoms with Gasteiger partial charge in [-0.1, -0.05) is 52.0 Å². The number of hydrogen-bond donors (Lipinski definition) is 2. The fourth-order valence-corrected chi connectivity index (χ4v) is 2.15. The van der Waals surface area contributed by atoms with Crippen molar-refractivity contribution in [3.8, 4) is 0 Å². The number of nitrogens with zero attached hydrogens (tertiary/aromatic N) is 1. The van der Waals surface area contributed by atoms with Crippen LogP contribution >= 0.6 is 0 Å². The van der Waals surface area contributed by atoms with Crippen LogP contribution in [0.3, 0.4) is 0 Å². The first-order valence-electron chi connectivity index (χ1n) is 8.52. The Kier molecular flexibility index (Phi) is 14.9. The predicted octanol–water partition coefficient (Wildman–Crippen LogP) is 3.07. The zero-order chi connectivity index (χ0) is 15.8. The van der Waals surface area contributed by atoms with Crippen LogP contribution in [0.2, 0.25) is 0 Å². The van der Waals surface area contributed by atoms with Gasteiger partial charge in [-0.2, -0.15) is 0 Å². The summed E-state index contributed by atoms with van der Waals surface area (Å²) in [5.41, 5.74) is 0. The van der Waals surface area contributed by atoms with Gasteiger partial charge in [0.2, 0.25) is 5.91 Å². The molecule has 0 aromatic heterocycles. The summed E-state index contributed by atoms with van der Waals surface area (Å²) in [6.07, 6.45) is 12.7. The average molecular weight is 298 g/mol. The molecule has 0 aromatic carbocycles. The van der Waals surface area contributed by atoms with Crippen LogP contribution in [0.4, 0.5) is 0 Å². The Morgan fingerprint density at radius 1 is 1.05 bits per heavy atom. The van der Waals surface area contributed by atoms with Gasteiger partial charge in [0.25, 0.3) is 0 Å². The van der Waals surface area contributed by atoms with Gasteiger partial charge in [-0.05, 0) is 38.4 Å². The predicted molar refractivity (Wildman–Crippen MR) is 89.1 cm³/mol. The van der Waals surface area contributed by atoms with E-state index in [1.165, 1.54) is 32.1 Å². The van der Waals surface area contributed by atoms with E-state index in [2.05, 4.69) is 17.1 Å². The van der Waals surface area contributed by atoms with Gasteiger partial charge >= 0.3 is 0 Å². The number of carbonyl (C=O) groups excluding carboxylic acids is 1. The Labute approximate surface area is 130 Å². The fourth-order valence-electron chi connectivity index (χ4n) is 2.15. The summed E-state index contributed by atoms with van der Waals surface area (Å²) in [6.45, 7) is 7.12. The van der Waals surface area contributed by atoms with Gasteiger partial charge in [-0.15, -0.1) is 0 Å². The van der Waals surface area contributed by atoms with Gasteiger partial charge in [-0.25, -0.2) is 0 Å². The first-order valence-corrected chi connectivity index (χ1v) is 8.52. The van der Waals surface area contributed by atoms with Crippen molar-refractivity contribution in [3.05, 3.63) is 12.2 Å². The lowest BCUT2D eigenvalue weighted by molar-refractivity contribution is -0.117. The third kappa shape index (κ3) is 13.9. The van der Waals surface area contributed by atoms with Crippen LogP contribution in [0.25, 0.3) is 0 Å². The Balaban J connectivity index is 3.53. The van der Waals surface area contributed by atoms with E-state index in [0.29, 0.717) is 13.3 Å². The highest BCUT2D eigenvalue weighted by atomic mass is 16.2. The lowest BCUT2D eigenvalue weighted by atomic mass is 10.1. The van der Waals surface area contributed by atoms with Crippen molar-refractivity contribution < 1.29 is 9.90 Å². The molecular weight excluding hydrogens is 264 g/mol. The number of amides is 1. The second-order valence-electron chi connectivity index (χ2n) is 5.42. The molecule has 0 aliphatic heterocycles. The molecule has 0 atom stereocenters. The summed E-state index contributed by atoms with van der Waals surface area (Å²) in [6, 6.07) is 0. The number of carbonyl (C=O) groups is 1. The van der Waals surface area contributed by atoms with Gasteiger partial charge in [0.1, 0.15) is 0 Å². The molecule has 0 saturated carbocycles. The van der Waals surface area contributed by atoms with E-state index in [1.807, 2.05) is 13.0 Å². The van der Waals surface area contributed by atoms with Gasteiger partial charge < -0.3 is 10.4 Å². The molecule has 0 bridgehead atoms. The summed E-state index contributed by atoms with van der Waals surface area (Å²) in [5, 5.41) is 11.6. The third-order valence-electron chi connectivity index (χ3n) is 3.56. The van der Waals surface area contributed by atoms with Crippen molar-refractivity contribution in [1.82, 2.24) is 10.2 Å². The molecule has 0 aliphatic carbocycles. The lowest BCUT2D eigenvalue weighted by Crippen LogP contribution is -2.37. The maximum Gasteiger partial charge on any atom is 0.244 e. The van der Waals surface area contributed by atoms with Crippen molar-refractivity contribution >= 4 is 5.91 Å². The van der Waals surface area contributed by atoms with Crippen molar-refractivity contribution in [2.75, 3.05) is 26.4 Å². The smallest absolute Gasteiger partial charge is 0.244 e. The maximum atomic E-state index is 11.5. The van der Waals surface area contributed by atoms with Gasteiger partial charge in [0.05, 0.1) is 6.67 Å². The highest BCUT2D eigenvalue weighted by Gasteiger charge is 2.03. The number of allylic oxidation sites excluding steroid dienone is 1. The van der Waals surface area contributed by atoms with E-state index in [0.717, 1.165) is 32.4 Å².